The Morgan fingerprint density at radius 3 is 2.64 bits per heavy atom. The molecule has 0 spiro atoms. The van der Waals surface area contributed by atoms with Gasteiger partial charge in [-0.25, -0.2) is 4.79 Å². The Bertz CT molecular complexity index is 834. The summed E-state index contributed by atoms with van der Waals surface area (Å²) in [5, 5.41) is 0. The Balaban J connectivity index is 1.68. The molecule has 1 aliphatic rings. The quantitative estimate of drug-likeness (QED) is 0.772. The van der Waals surface area contributed by atoms with Gasteiger partial charge in [-0.15, -0.1) is 0 Å². The molecule has 1 amide bonds. The molecule has 0 aromatic heterocycles. The van der Waals surface area contributed by atoms with Gasteiger partial charge in [0, 0.05) is 18.0 Å². The van der Waals surface area contributed by atoms with Gasteiger partial charge in [0.15, 0.2) is 6.61 Å². The minimum Gasteiger partial charge on any atom is -0.452 e. The normalized spacial score (nSPS) is 14.0. The van der Waals surface area contributed by atoms with Crippen LogP contribution in [0.5, 0.6) is 0 Å². The lowest BCUT2D eigenvalue weighted by atomic mass is 10.2. The van der Waals surface area contributed by atoms with E-state index in [-0.39, 0.29) is 18.1 Å². The van der Waals surface area contributed by atoms with E-state index in [1.165, 1.54) is 0 Å². The number of para-hydroxylation sites is 1. The van der Waals surface area contributed by atoms with Crippen molar-refractivity contribution in [3.63, 3.8) is 0 Å². The largest absolute Gasteiger partial charge is 0.452 e. The van der Waals surface area contributed by atoms with Gasteiger partial charge in [0.25, 0.3) is 5.91 Å². The van der Waals surface area contributed by atoms with Crippen molar-refractivity contribution in [1.29, 1.82) is 0 Å². The molecule has 0 bridgehead atoms. The number of rotatable bonds is 5. The average molecular weight is 357 g/mol. The molecular weight excluding hydrogens is 338 g/mol. The van der Waals surface area contributed by atoms with E-state index in [1.54, 1.807) is 36.1 Å². The number of benzene rings is 2. The highest BCUT2D eigenvalue weighted by atomic mass is 32.2. The van der Waals surface area contributed by atoms with Crippen molar-refractivity contribution < 1.29 is 18.5 Å². The molecule has 25 heavy (non-hydrogen) atoms. The summed E-state index contributed by atoms with van der Waals surface area (Å²) in [6, 6.07) is 14.3. The topological polar surface area (TPSA) is 63.7 Å². The third kappa shape index (κ3) is 3.64. The van der Waals surface area contributed by atoms with Crippen LogP contribution in [-0.2, 0) is 26.8 Å². The monoisotopic (exact) mass is 357 g/mol. The van der Waals surface area contributed by atoms with E-state index >= 15 is 0 Å². The summed E-state index contributed by atoms with van der Waals surface area (Å²) < 4.78 is 17.2. The highest BCUT2D eigenvalue weighted by molar-refractivity contribution is 7.85. The Hall–Kier alpha value is -2.47. The molecule has 130 valence electrons. The zero-order valence-corrected chi connectivity index (χ0v) is 14.8. The summed E-state index contributed by atoms with van der Waals surface area (Å²) in [4.78, 5) is 26.8. The van der Waals surface area contributed by atoms with Gasteiger partial charge in [0.05, 0.1) is 21.3 Å². The molecule has 1 aliphatic heterocycles. The van der Waals surface area contributed by atoms with Gasteiger partial charge < -0.3 is 9.64 Å². The van der Waals surface area contributed by atoms with E-state index in [4.69, 9.17) is 4.74 Å². The lowest BCUT2D eigenvalue weighted by Crippen LogP contribution is -2.33. The molecule has 2 aromatic rings. The number of ether oxygens (including phenoxy) is 1. The van der Waals surface area contributed by atoms with Crippen molar-refractivity contribution in [1.82, 2.24) is 0 Å². The van der Waals surface area contributed by atoms with E-state index in [2.05, 4.69) is 0 Å². The van der Waals surface area contributed by atoms with Gasteiger partial charge >= 0.3 is 5.97 Å². The molecule has 1 heterocycles. The van der Waals surface area contributed by atoms with Crippen molar-refractivity contribution >= 4 is 28.4 Å². The number of carbonyl (C=O) groups excluding carboxylic acids is 2. The van der Waals surface area contributed by atoms with Gasteiger partial charge in [-0.05, 0) is 30.2 Å². The minimum atomic E-state index is -1.26. The molecular formula is C19H19NO4S. The second kappa shape index (κ2) is 7.61. The minimum absolute atomic E-state index is 0.248. The summed E-state index contributed by atoms with van der Waals surface area (Å²) in [5.74, 6) is -0.473. The van der Waals surface area contributed by atoms with Crippen LogP contribution in [-0.4, -0.2) is 35.0 Å². The molecule has 0 fully saturated rings. The number of amides is 1. The zero-order valence-electron chi connectivity index (χ0n) is 13.9. The first-order valence-electron chi connectivity index (χ1n) is 8.14. The molecule has 0 N–H and O–H groups in total. The maximum absolute atomic E-state index is 12.4. The standard InChI is InChI=1S/C19H19NO4S/c1-2-25(23)17-10-6-4-8-15(17)19(22)24-13-18(21)20-12-11-14-7-3-5-9-16(14)20/h3-10H,2,11-13H2,1H3. The van der Waals surface area contributed by atoms with Gasteiger partial charge in [-0.1, -0.05) is 37.3 Å². The molecule has 6 heteroatoms. The first kappa shape index (κ1) is 17.4. The lowest BCUT2D eigenvalue weighted by Gasteiger charge is -2.17. The average Bonchev–Trinajstić information content (AvgIpc) is 3.09. The van der Waals surface area contributed by atoms with Gasteiger partial charge in [-0.2, -0.15) is 0 Å². The first-order valence-corrected chi connectivity index (χ1v) is 9.46. The van der Waals surface area contributed by atoms with Crippen LogP contribution in [0.3, 0.4) is 0 Å². The molecule has 5 nitrogen and oxygen atoms in total. The highest BCUT2D eigenvalue weighted by Gasteiger charge is 2.25. The maximum Gasteiger partial charge on any atom is 0.339 e. The smallest absolute Gasteiger partial charge is 0.339 e. The third-order valence-electron chi connectivity index (χ3n) is 4.13. The van der Waals surface area contributed by atoms with E-state index in [0.29, 0.717) is 17.2 Å². The van der Waals surface area contributed by atoms with E-state index in [1.807, 2.05) is 24.3 Å². The van der Waals surface area contributed by atoms with Gasteiger partial charge in [0.2, 0.25) is 0 Å². The SMILES string of the molecule is CCS(=O)c1ccccc1C(=O)OCC(=O)N1CCc2ccccc21. The molecule has 1 unspecified atom stereocenters. The fourth-order valence-electron chi connectivity index (χ4n) is 2.87. The summed E-state index contributed by atoms with van der Waals surface area (Å²) >= 11 is 0. The number of hydrogen-bond acceptors (Lipinski definition) is 4. The molecule has 3 rings (SSSR count). The Kier molecular flexibility index (Phi) is 5.28. The van der Waals surface area contributed by atoms with E-state index in [0.717, 1.165) is 17.7 Å². The summed E-state index contributed by atoms with van der Waals surface area (Å²) in [6.45, 7) is 2.04. The number of fused-ring (bicyclic) bond motifs is 1. The summed E-state index contributed by atoms with van der Waals surface area (Å²) in [6.07, 6.45) is 0.800. The Labute approximate surface area is 149 Å². The molecule has 0 saturated carbocycles. The number of esters is 1. The first-order chi connectivity index (χ1) is 12.1. The van der Waals surface area contributed by atoms with Crippen molar-refractivity contribution in [3.05, 3.63) is 59.7 Å². The number of nitrogens with zero attached hydrogens (tertiary/aromatic N) is 1. The van der Waals surface area contributed by atoms with E-state index < -0.39 is 16.8 Å². The van der Waals surface area contributed by atoms with Crippen LogP contribution >= 0.6 is 0 Å². The van der Waals surface area contributed by atoms with Crippen LogP contribution in [0.4, 0.5) is 5.69 Å². The van der Waals surface area contributed by atoms with Crippen molar-refractivity contribution in [2.75, 3.05) is 23.8 Å². The third-order valence-corrected chi connectivity index (χ3v) is 5.50. The molecule has 0 radical (unpaired) electrons. The number of anilines is 1. The Morgan fingerprint density at radius 2 is 1.84 bits per heavy atom. The Morgan fingerprint density at radius 1 is 1.12 bits per heavy atom. The summed E-state index contributed by atoms with van der Waals surface area (Å²) in [5.41, 5.74) is 2.24. The molecule has 1 atom stereocenters. The van der Waals surface area contributed by atoms with Crippen LogP contribution in [0, 0.1) is 0 Å². The van der Waals surface area contributed by atoms with Crippen molar-refractivity contribution in [2.45, 2.75) is 18.2 Å². The van der Waals surface area contributed by atoms with Crippen LogP contribution < -0.4 is 4.90 Å². The number of hydrogen-bond donors (Lipinski definition) is 0. The van der Waals surface area contributed by atoms with Crippen molar-refractivity contribution in [3.8, 4) is 0 Å². The fraction of sp³-hybridized carbons (Fsp3) is 0.263. The molecule has 0 aliphatic carbocycles. The van der Waals surface area contributed by atoms with Crippen molar-refractivity contribution in [2.24, 2.45) is 0 Å². The van der Waals surface area contributed by atoms with Crippen LogP contribution in [0.25, 0.3) is 0 Å². The van der Waals surface area contributed by atoms with Gasteiger partial charge in [0.1, 0.15) is 0 Å². The number of carbonyl (C=O) groups is 2. The fourth-order valence-corrected chi connectivity index (χ4v) is 3.81. The maximum atomic E-state index is 12.4. The predicted octanol–water partition coefficient (Wildman–Crippen LogP) is 2.56. The highest BCUT2D eigenvalue weighted by Crippen LogP contribution is 2.27. The van der Waals surface area contributed by atoms with Gasteiger partial charge in [-0.3, -0.25) is 9.00 Å². The summed E-state index contributed by atoms with van der Waals surface area (Å²) in [7, 11) is -1.26. The zero-order chi connectivity index (χ0) is 17.8. The van der Waals surface area contributed by atoms with E-state index in [9.17, 15) is 13.8 Å². The lowest BCUT2D eigenvalue weighted by molar-refractivity contribution is -0.121. The second-order valence-electron chi connectivity index (χ2n) is 5.63. The molecule has 0 saturated heterocycles. The van der Waals surface area contributed by atoms with Crippen LogP contribution in [0.2, 0.25) is 0 Å². The predicted molar refractivity (Wildman–Crippen MR) is 96.2 cm³/mol. The van der Waals surface area contributed by atoms with Crippen LogP contribution in [0.1, 0.15) is 22.8 Å². The second-order valence-corrected chi connectivity index (χ2v) is 7.34. The molecule has 2 aromatic carbocycles. The van der Waals surface area contributed by atoms with Crippen LogP contribution in [0.15, 0.2) is 53.4 Å².